The van der Waals surface area contributed by atoms with Crippen molar-refractivity contribution in [3.8, 4) is 11.5 Å². The van der Waals surface area contributed by atoms with E-state index >= 15 is 0 Å². The van der Waals surface area contributed by atoms with E-state index in [4.69, 9.17) is 25.7 Å². The molecule has 0 spiro atoms. The van der Waals surface area contributed by atoms with Crippen molar-refractivity contribution in [2.45, 2.75) is 19.4 Å². The summed E-state index contributed by atoms with van der Waals surface area (Å²) in [6.45, 7) is 2.24. The second-order valence-electron chi connectivity index (χ2n) is 7.18. The number of benzene rings is 1. The molecular formula is C24H29N5O5. The average molecular weight is 468 g/mol. The predicted octanol–water partition coefficient (Wildman–Crippen LogP) is 2.28. The van der Waals surface area contributed by atoms with Crippen molar-refractivity contribution in [1.82, 2.24) is 9.78 Å². The number of hydrogen-bond donors (Lipinski definition) is 2. The molecule has 3 rings (SSSR count). The fourth-order valence-electron chi connectivity index (χ4n) is 2.83. The van der Waals surface area contributed by atoms with Crippen molar-refractivity contribution in [3.05, 3.63) is 77.9 Å². The molecule has 2 amide bonds. The maximum atomic E-state index is 11.6. The van der Waals surface area contributed by atoms with Crippen molar-refractivity contribution in [3.63, 3.8) is 0 Å². The minimum Gasteiger partial charge on any atom is -0.488 e. The Balaban J connectivity index is 0.000000589. The Morgan fingerprint density at radius 3 is 2.59 bits per heavy atom. The number of hydrogen-bond acceptors (Lipinski definition) is 6. The van der Waals surface area contributed by atoms with E-state index in [0.717, 1.165) is 0 Å². The first kappa shape index (κ1) is 26.1. The summed E-state index contributed by atoms with van der Waals surface area (Å²) in [4.78, 5) is 25.6. The Bertz CT molecular complexity index is 1090. The summed E-state index contributed by atoms with van der Waals surface area (Å²) < 4.78 is 18.4. The lowest BCUT2D eigenvalue weighted by atomic mass is 10.2. The molecule has 0 radical (unpaired) electrons. The highest BCUT2D eigenvalue weighted by molar-refractivity contribution is 6.02. The van der Waals surface area contributed by atoms with Crippen LogP contribution in [0, 0.1) is 0 Å². The summed E-state index contributed by atoms with van der Waals surface area (Å²) in [6.07, 6.45) is 11.4. The van der Waals surface area contributed by atoms with Gasteiger partial charge in [-0.3, -0.25) is 14.3 Å². The van der Waals surface area contributed by atoms with Crippen LogP contribution in [0.4, 0.5) is 0 Å². The molecule has 0 bridgehead atoms. The number of aryl methyl sites for hydroxylation is 1. The van der Waals surface area contributed by atoms with Crippen LogP contribution in [0.1, 0.15) is 23.7 Å². The number of carbonyl (C=O) groups excluding carboxylic acids is 2. The minimum absolute atomic E-state index is 0.124. The van der Waals surface area contributed by atoms with Gasteiger partial charge in [-0.1, -0.05) is 6.08 Å². The monoisotopic (exact) mass is 467 g/mol. The van der Waals surface area contributed by atoms with Gasteiger partial charge in [-0.05, 0) is 49.8 Å². The quantitative estimate of drug-likeness (QED) is 0.327. The fraction of sp³-hybridized carbons (Fsp3) is 0.250. The van der Waals surface area contributed by atoms with Gasteiger partial charge in [-0.2, -0.15) is 10.1 Å². The number of ether oxygens (including phenoxy) is 3. The summed E-state index contributed by atoms with van der Waals surface area (Å²) >= 11 is 0. The van der Waals surface area contributed by atoms with Crippen molar-refractivity contribution in [2.24, 2.45) is 23.5 Å². The Kier molecular flexibility index (Phi) is 10.3. The molecule has 1 aliphatic rings. The highest BCUT2D eigenvalue weighted by Gasteiger charge is 2.12. The van der Waals surface area contributed by atoms with Crippen LogP contribution < -0.4 is 20.9 Å². The van der Waals surface area contributed by atoms with Crippen LogP contribution >= 0.6 is 0 Å². The number of nitrogens with two attached hydrogens (primary N) is 2. The molecule has 10 heteroatoms. The zero-order chi connectivity index (χ0) is 24.9. The maximum Gasteiger partial charge on any atom is 0.248 e. The number of aromatic nitrogens is 2. The third-order valence-electron chi connectivity index (χ3n) is 4.35. The van der Waals surface area contributed by atoms with Crippen LogP contribution in [0.2, 0.25) is 0 Å². The van der Waals surface area contributed by atoms with Crippen molar-refractivity contribution >= 4 is 18.2 Å². The number of rotatable bonds is 9. The molecule has 0 fully saturated rings. The zero-order valence-corrected chi connectivity index (χ0v) is 19.4. The number of aliphatic imine (C=N–C) groups is 1. The number of methoxy groups -OCH3 is 1. The van der Waals surface area contributed by atoms with Crippen LogP contribution in [0.15, 0.2) is 77.3 Å². The van der Waals surface area contributed by atoms with Gasteiger partial charge in [-0.15, -0.1) is 0 Å². The summed E-state index contributed by atoms with van der Waals surface area (Å²) in [5, 5.41) is 3.83. The minimum atomic E-state index is -0.595. The van der Waals surface area contributed by atoms with E-state index in [2.05, 4.69) is 10.1 Å². The molecule has 1 aromatic carbocycles. The molecule has 1 aliphatic carbocycles. The van der Waals surface area contributed by atoms with Gasteiger partial charge in [-0.25, -0.2) is 0 Å². The molecule has 4 N–H and O–H groups in total. The van der Waals surface area contributed by atoms with Crippen LogP contribution in [0.25, 0.3) is 0 Å². The summed E-state index contributed by atoms with van der Waals surface area (Å²) in [7, 11) is 3.47. The van der Waals surface area contributed by atoms with E-state index < -0.39 is 5.91 Å². The molecule has 10 nitrogen and oxygen atoms in total. The number of nitrogens with zero attached hydrogens (tertiary/aromatic N) is 3. The first-order valence-electron chi connectivity index (χ1n) is 10.4. The number of carbonyl (C=O) groups is 2. The molecule has 0 aliphatic heterocycles. The van der Waals surface area contributed by atoms with Crippen LogP contribution in [0.5, 0.6) is 11.5 Å². The molecule has 180 valence electrons. The van der Waals surface area contributed by atoms with Gasteiger partial charge in [0.1, 0.15) is 29.2 Å². The van der Waals surface area contributed by atoms with Crippen LogP contribution in [-0.4, -0.2) is 47.8 Å². The van der Waals surface area contributed by atoms with Gasteiger partial charge in [0.25, 0.3) is 0 Å². The molecule has 2 aromatic rings. The average Bonchev–Trinajstić information content (AvgIpc) is 3.15. The lowest BCUT2D eigenvalue weighted by Gasteiger charge is -2.16. The lowest BCUT2D eigenvalue weighted by Crippen LogP contribution is -2.18. The van der Waals surface area contributed by atoms with Gasteiger partial charge >= 0.3 is 0 Å². The second kappa shape index (κ2) is 13.4. The first-order chi connectivity index (χ1) is 16.3. The van der Waals surface area contributed by atoms with E-state index in [0.29, 0.717) is 42.3 Å². The topological polar surface area (TPSA) is 144 Å². The van der Waals surface area contributed by atoms with Gasteiger partial charge in [0.15, 0.2) is 0 Å². The van der Waals surface area contributed by atoms with E-state index in [-0.39, 0.29) is 17.5 Å². The number of amidine groups is 1. The SMILES string of the molecule is COCC(C)Oc1cc(OC2=CCC=C(C(N)=NC=O)C=C2)cc(C(N)=O)c1.Cn1cccn1. The number of allylic oxidation sites excluding steroid dienone is 3. The van der Waals surface area contributed by atoms with Gasteiger partial charge in [0, 0.05) is 43.8 Å². The molecule has 1 unspecified atom stereocenters. The molecule has 0 saturated heterocycles. The normalized spacial score (nSPS) is 14.0. The third kappa shape index (κ3) is 8.75. The molecular weight excluding hydrogens is 438 g/mol. The highest BCUT2D eigenvalue weighted by Crippen LogP contribution is 2.26. The largest absolute Gasteiger partial charge is 0.488 e. The zero-order valence-electron chi connectivity index (χ0n) is 19.4. The Morgan fingerprint density at radius 1 is 1.24 bits per heavy atom. The Morgan fingerprint density at radius 2 is 2.00 bits per heavy atom. The molecule has 0 saturated carbocycles. The van der Waals surface area contributed by atoms with Gasteiger partial charge in [0.05, 0.1) is 6.61 Å². The van der Waals surface area contributed by atoms with Crippen LogP contribution in [0.3, 0.4) is 0 Å². The van der Waals surface area contributed by atoms with Gasteiger partial charge in [0.2, 0.25) is 12.3 Å². The summed E-state index contributed by atoms with van der Waals surface area (Å²) in [6, 6.07) is 6.63. The second-order valence-corrected chi connectivity index (χ2v) is 7.18. The number of primary amides is 1. The number of amides is 2. The van der Waals surface area contributed by atoms with Crippen molar-refractivity contribution < 1.29 is 23.8 Å². The van der Waals surface area contributed by atoms with Crippen molar-refractivity contribution in [1.29, 1.82) is 0 Å². The van der Waals surface area contributed by atoms with Crippen molar-refractivity contribution in [2.75, 3.05) is 13.7 Å². The Hall–Kier alpha value is -4.18. The van der Waals surface area contributed by atoms with Crippen LogP contribution in [-0.2, 0) is 16.6 Å². The maximum absolute atomic E-state index is 11.6. The molecule has 1 atom stereocenters. The van der Waals surface area contributed by atoms with Gasteiger partial charge < -0.3 is 25.7 Å². The smallest absolute Gasteiger partial charge is 0.248 e. The first-order valence-corrected chi connectivity index (χ1v) is 10.4. The summed E-state index contributed by atoms with van der Waals surface area (Å²) in [5.41, 5.74) is 12.0. The fourth-order valence-corrected chi connectivity index (χ4v) is 2.83. The van der Waals surface area contributed by atoms with E-state index in [1.807, 2.05) is 38.4 Å². The summed E-state index contributed by atoms with van der Waals surface area (Å²) in [5.74, 6) is 0.893. The van der Waals surface area contributed by atoms with E-state index in [1.165, 1.54) is 6.07 Å². The third-order valence-corrected chi connectivity index (χ3v) is 4.35. The van der Waals surface area contributed by atoms with E-state index in [9.17, 15) is 9.59 Å². The standard InChI is InChI=1S/C20H23N3O5.C4H6N2/c1-13(11-26-2)27-17-8-15(20(22)25)9-18(10-17)28-16-5-3-4-14(6-7-16)19(21)23-12-24;1-6-4-2-3-5-6/h4-10,12-13H,3,11H2,1-2H3,(H2,22,25)(H2,21,23,24);2-4H,1H3. The Labute approximate surface area is 198 Å². The molecule has 1 aromatic heterocycles. The molecule has 34 heavy (non-hydrogen) atoms. The molecule has 1 heterocycles. The predicted molar refractivity (Wildman–Crippen MR) is 128 cm³/mol. The lowest BCUT2D eigenvalue weighted by molar-refractivity contribution is -0.106. The highest BCUT2D eigenvalue weighted by atomic mass is 16.5. The van der Waals surface area contributed by atoms with E-state index in [1.54, 1.807) is 42.3 Å².